The molecule has 0 saturated heterocycles. The first-order chi connectivity index (χ1) is 9.57. The predicted octanol–water partition coefficient (Wildman–Crippen LogP) is 4.21. The molecule has 3 atom stereocenters. The summed E-state index contributed by atoms with van der Waals surface area (Å²) >= 11 is 0. The number of allylic oxidation sites excluding steroid dienone is 2. The van der Waals surface area contributed by atoms with Gasteiger partial charge in [-0.05, 0) is 43.7 Å². The lowest BCUT2D eigenvalue weighted by Gasteiger charge is -2.18. The highest BCUT2D eigenvalue weighted by Crippen LogP contribution is 2.71. The molecule has 0 amide bonds. The number of hydrogen-bond acceptors (Lipinski definition) is 2. The van der Waals surface area contributed by atoms with Crippen LogP contribution in [0, 0.1) is 11.8 Å². The van der Waals surface area contributed by atoms with Crippen LogP contribution in [0.15, 0.2) is 41.7 Å². The van der Waals surface area contributed by atoms with Gasteiger partial charge in [0.2, 0.25) is 0 Å². The van der Waals surface area contributed by atoms with E-state index in [1.807, 2.05) is 13.8 Å². The van der Waals surface area contributed by atoms with E-state index in [1.54, 1.807) is 0 Å². The largest absolute Gasteiger partial charge is 0.431 e. The molecule has 2 aliphatic carbocycles. The van der Waals surface area contributed by atoms with Crippen molar-refractivity contribution in [3.63, 3.8) is 0 Å². The van der Waals surface area contributed by atoms with Gasteiger partial charge in [0.05, 0.1) is 0 Å². The smallest absolute Gasteiger partial charge is 0.307 e. The maximum absolute atomic E-state index is 11.4. The summed E-state index contributed by atoms with van der Waals surface area (Å²) in [5.74, 6) is 1.77. The van der Waals surface area contributed by atoms with Crippen LogP contribution in [0.2, 0.25) is 0 Å². The Morgan fingerprint density at radius 2 is 1.90 bits per heavy atom. The Morgan fingerprint density at radius 1 is 1.20 bits per heavy atom. The first-order valence-corrected chi connectivity index (χ1v) is 7.48. The molecule has 0 heterocycles. The summed E-state index contributed by atoms with van der Waals surface area (Å²) in [6.45, 7) is 5.59. The number of rotatable bonds is 3. The first-order valence-electron chi connectivity index (χ1n) is 7.48. The molecule has 2 nitrogen and oxygen atoms in total. The third kappa shape index (κ3) is 1.90. The van der Waals surface area contributed by atoms with Crippen molar-refractivity contribution in [2.45, 2.75) is 45.4 Å². The second-order valence-corrected chi connectivity index (χ2v) is 6.34. The summed E-state index contributed by atoms with van der Waals surface area (Å²) in [5.41, 5.74) is 2.77. The molecule has 0 aliphatic heterocycles. The van der Waals surface area contributed by atoms with Gasteiger partial charge >= 0.3 is 5.97 Å². The van der Waals surface area contributed by atoms with Crippen LogP contribution in [0.3, 0.4) is 0 Å². The van der Waals surface area contributed by atoms with Crippen molar-refractivity contribution >= 4 is 5.97 Å². The molecule has 2 heteroatoms. The van der Waals surface area contributed by atoms with Crippen molar-refractivity contribution in [1.29, 1.82) is 0 Å². The standard InChI is InChI=1S/C18H22O2/c1-12(2)17(20-13(3)19)16-15-10-7-11-18(15,16)14-8-5-4-6-9-14/h4-6,8-9,15-16H,7,10-11H2,1-3H3/t15-,16?,18+/m0/s1. The van der Waals surface area contributed by atoms with E-state index >= 15 is 0 Å². The molecule has 106 valence electrons. The minimum Gasteiger partial charge on any atom is -0.431 e. The van der Waals surface area contributed by atoms with Gasteiger partial charge < -0.3 is 4.74 Å². The summed E-state index contributed by atoms with van der Waals surface area (Å²) in [7, 11) is 0. The topological polar surface area (TPSA) is 26.3 Å². The zero-order chi connectivity index (χ0) is 14.3. The van der Waals surface area contributed by atoms with Crippen molar-refractivity contribution in [2.24, 2.45) is 11.8 Å². The van der Waals surface area contributed by atoms with Crippen LogP contribution in [-0.2, 0) is 14.9 Å². The van der Waals surface area contributed by atoms with E-state index in [1.165, 1.54) is 31.7 Å². The van der Waals surface area contributed by atoms with Crippen molar-refractivity contribution < 1.29 is 9.53 Å². The number of carbonyl (C=O) groups excluding carboxylic acids is 1. The van der Waals surface area contributed by atoms with Gasteiger partial charge in [-0.25, -0.2) is 0 Å². The molecule has 0 bridgehead atoms. The molecule has 0 radical (unpaired) electrons. The van der Waals surface area contributed by atoms with Crippen LogP contribution in [0.1, 0.15) is 45.6 Å². The van der Waals surface area contributed by atoms with Crippen LogP contribution in [0.25, 0.3) is 0 Å². The van der Waals surface area contributed by atoms with Crippen LogP contribution in [-0.4, -0.2) is 5.97 Å². The number of hydrogen-bond donors (Lipinski definition) is 0. The molecule has 1 aromatic rings. The molecule has 0 N–H and O–H groups in total. The van der Waals surface area contributed by atoms with E-state index in [4.69, 9.17) is 4.74 Å². The predicted molar refractivity (Wildman–Crippen MR) is 79.1 cm³/mol. The molecule has 20 heavy (non-hydrogen) atoms. The minimum atomic E-state index is -0.200. The average Bonchev–Trinajstić information content (AvgIpc) is 2.84. The van der Waals surface area contributed by atoms with Crippen LogP contribution in [0.5, 0.6) is 0 Å². The zero-order valence-corrected chi connectivity index (χ0v) is 12.5. The average molecular weight is 270 g/mol. The first kappa shape index (κ1) is 13.4. The second kappa shape index (κ2) is 4.76. The second-order valence-electron chi connectivity index (χ2n) is 6.34. The Hall–Kier alpha value is -1.57. The zero-order valence-electron chi connectivity index (χ0n) is 12.5. The van der Waals surface area contributed by atoms with Gasteiger partial charge in [0.25, 0.3) is 0 Å². The highest BCUT2D eigenvalue weighted by Gasteiger charge is 2.69. The number of benzene rings is 1. The number of carbonyl (C=O) groups is 1. The summed E-state index contributed by atoms with van der Waals surface area (Å²) in [4.78, 5) is 11.4. The Labute approximate surface area is 120 Å². The van der Waals surface area contributed by atoms with Gasteiger partial charge in [0, 0.05) is 18.3 Å². The van der Waals surface area contributed by atoms with Gasteiger partial charge in [-0.1, -0.05) is 36.8 Å². The maximum Gasteiger partial charge on any atom is 0.307 e. The van der Waals surface area contributed by atoms with Crippen molar-refractivity contribution in [1.82, 2.24) is 0 Å². The lowest BCUT2D eigenvalue weighted by molar-refractivity contribution is -0.137. The van der Waals surface area contributed by atoms with E-state index in [0.29, 0.717) is 11.8 Å². The summed E-state index contributed by atoms with van der Waals surface area (Å²) < 4.78 is 5.56. The fourth-order valence-electron chi connectivity index (χ4n) is 4.23. The van der Waals surface area contributed by atoms with Gasteiger partial charge in [0.1, 0.15) is 5.76 Å². The quantitative estimate of drug-likeness (QED) is 0.607. The van der Waals surface area contributed by atoms with Gasteiger partial charge in [-0.2, -0.15) is 0 Å². The SMILES string of the molecule is CC(=O)OC(=C(C)C)C1[C@@H]2CCC[C@]12c1ccccc1. The Bertz CT molecular complexity index is 554. The lowest BCUT2D eigenvalue weighted by atomic mass is 9.89. The van der Waals surface area contributed by atoms with Crippen molar-refractivity contribution in [3.05, 3.63) is 47.2 Å². The van der Waals surface area contributed by atoms with E-state index < -0.39 is 0 Å². The number of esters is 1. The molecule has 2 fully saturated rings. The molecular weight excluding hydrogens is 248 g/mol. The third-order valence-corrected chi connectivity index (χ3v) is 4.96. The fraction of sp³-hybridized carbons (Fsp3) is 0.500. The Balaban J connectivity index is 1.97. The number of fused-ring (bicyclic) bond motifs is 1. The fourth-order valence-corrected chi connectivity index (χ4v) is 4.23. The molecule has 2 aliphatic rings. The maximum atomic E-state index is 11.4. The highest BCUT2D eigenvalue weighted by molar-refractivity contribution is 5.68. The minimum absolute atomic E-state index is 0.200. The molecular formula is C18H22O2. The highest BCUT2D eigenvalue weighted by atomic mass is 16.5. The van der Waals surface area contributed by atoms with Gasteiger partial charge in [0.15, 0.2) is 0 Å². The molecule has 1 aromatic carbocycles. The third-order valence-electron chi connectivity index (χ3n) is 4.96. The lowest BCUT2D eigenvalue weighted by Crippen LogP contribution is -2.13. The van der Waals surface area contributed by atoms with E-state index in [2.05, 4.69) is 30.3 Å². The van der Waals surface area contributed by atoms with Crippen LogP contribution < -0.4 is 0 Å². The number of ether oxygens (including phenoxy) is 1. The van der Waals surface area contributed by atoms with E-state index in [-0.39, 0.29) is 11.4 Å². The van der Waals surface area contributed by atoms with Crippen molar-refractivity contribution in [2.75, 3.05) is 0 Å². The van der Waals surface area contributed by atoms with E-state index in [9.17, 15) is 4.79 Å². The molecule has 0 spiro atoms. The van der Waals surface area contributed by atoms with Gasteiger partial charge in [-0.15, -0.1) is 0 Å². The normalized spacial score (nSPS) is 30.6. The summed E-state index contributed by atoms with van der Waals surface area (Å²) in [6.07, 6.45) is 3.74. The summed E-state index contributed by atoms with van der Waals surface area (Å²) in [6, 6.07) is 10.8. The Kier molecular flexibility index (Phi) is 3.19. The molecule has 2 saturated carbocycles. The molecule has 1 unspecified atom stereocenters. The molecule has 3 rings (SSSR count). The van der Waals surface area contributed by atoms with Crippen molar-refractivity contribution in [3.8, 4) is 0 Å². The Morgan fingerprint density at radius 3 is 2.50 bits per heavy atom. The monoisotopic (exact) mass is 270 g/mol. The van der Waals surface area contributed by atoms with Gasteiger partial charge in [-0.3, -0.25) is 4.79 Å². The molecule has 0 aromatic heterocycles. The van der Waals surface area contributed by atoms with E-state index in [0.717, 1.165) is 11.3 Å². The van der Waals surface area contributed by atoms with Crippen LogP contribution >= 0.6 is 0 Å². The summed E-state index contributed by atoms with van der Waals surface area (Å²) in [5, 5.41) is 0. The van der Waals surface area contributed by atoms with Crippen LogP contribution in [0.4, 0.5) is 0 Å².